The molecule has 0 aliphatic rings. The zero-order chi connectivity index (χ0) is 5.70. The molecule has 7 heavy (non-hydrogen) atoms. The Morgan fingerprint density at radius 1 is 1.57 bits per heavy atom. The predicted molar refractivity (Wildman–Crippen MR) is 28.8 cm³/mol. The minimum absolute atomic E-state index is 0.353. The smallest absolute Gasteiger partial charge is 0.179 e. The summed E-state index contributed by atoms with van der Waals surface area (Å²) < 4.78 is 22.1. The Morgan fingerprint density at radius 2 is 2.14 bits per heavy atom. The molecule has 0 saturated carbocycles. The first-order valence-electron chi connectivity index (χ1n) is 1.89. The van der Waals surface area contributed by atoms with Gasteiger partial charge in [-0.25, -0.2) is 0 Å². The highest BCUT2D eigenvalue weighted by Gasteiger charge is 1.82. The van der Waals surface area contributed by atoms with Gasteiger partial charge in [0.2, 0.25) is 0 Å². The van der Waals surface area contributed by atoms with Crippen LogP contribution in [0.2, 0.25) is 0 Å². The third-order valence-corrected chi connectivity index (χ3v) is 0.686. The molecule has 0 unspecified atom stereocenters. The maximum Gasteiger partial charge on any atom is 0.266 e. The van der Waals surface area contributed by atoms with Crippen LogP contribution in [-0.4, -0.2) is 5.75 Å². The summed E-state index contributed by atoms with van der Waals surface area (Å²) in [5, 5.41) is 0. The van der Waals surface area contributed by atoms with Crippen LogP contribution < -0.4 is 0 Å². The molecular weight excluding hydrogens is 118 g/mol. The molecule has 0 amide bonds. The van der Waals surface area contributed by atoms with Crippen LogP contribution in [0.3, 0.4) is 0 Å². The SMILES string of the molecule is FC(F)=CCCS. The van der Waals surface area contributed by atoms with Crippen molar-refractivity contribution < 1.29 is 8.78 Å². The first-order chi connectivity index (χ1) is 3.27. The van der Waals surface area contributed by atoms with E-state index in [2.05, 4.69) is 12.6 Å². The molecule has 0 aromatic carbocycles. The second kappa shape index (κ2) is 4.12. The molecule has 0 aliphatic carbocycles. The third-order valence-electron chi connectivity index (χ3n) is 0.428. The summed E-state index contributed by atoms with van der Waals surface area (Å²) in [4.78, 5) is 0. The molecule has 0 N–H and O–H groups in total. The van der Waals surface area contributed by atoms with E-state index in [1.54, 1.807) is 0 Å². The van der Waals surface area contributed by atoms with E-state index < -0.39 is 6.08 Å². The van der Waals surface area contributed by atoms with E-state index in [1.807, 2.05) is 0 Å². The van der Waals surface area contributed by atoms with Crippen LogP contribution in [0.15, 0.2) is 12.2 Å². The Morgan fingerprint density at radius 3 is 2.29 bits per heavy atom. The molecule has 3 heteroatoms. The Hall–Kier alpha value is -0.0500. The van der Waals surface area contributed by atoms with Crippen molar-refractivity contribution in [1.29, 1.82) is 0 Å². The van der Waals surface area contributed by atoms with Crippen LogP contribution in [0.4, 0.5) is 8.78 Å². The first-order valence-corrected chi connectivity index (χ1v) is 2.52. The van der Waals surface area contributed by atoms with Crippen molar-refractivity contribution in [3.63, 3.8) is 0 Å². The molecule has 42 valence electrons. The van der Waals surface area contributed by atoms with E-state index in [-0.39, 0.29) is 0 Å². The Bertz CT molecular complexity index is 66.1. The Kier molecular flexibility index (Phi) is 4.09. The lowest BCUT2D eigenvalue weighted by atomic mass is 10.5. The van der Waals surface area contributed by atoms with E-state index in [0.717, 1.165) is 6.08 Å². The fourth-order valence-corrected chi connectivity index (χ4v) is 0.303. The van der Waals surface area contributed by atoms with Gasteiger partial charge in [0.1, 0.15) is 0 Å². The average Bonchev–Trinajstić information content (AvgIpc) is 1.61. The van der Waals surface area contributed by atoms with Gasteiger partial charge in [-0.1, -0.05) is 0 Å². The molecule has 0 atom stereocenters. The maximum atomic E-state index is 11.0. The Balaban J connectivity index is 3.08. The lowest BCUT2D eigenvalue weighted by molar-refractivity contribution is 0.418. The van der Waals surface area contributed by atoms with E-state index in [9.17, 15) is 8.78 Å². The van der Waals surface area contributed by atoms with Crippen LogP contribution in [0.5, 0.6) is 0 Å². The second-order valence-electron chi connectivity index (χ2n) is 1.01. The monoisotopic (exact) mass is 124 g/mol. The summed E-state index contributed by atoms with van der Waals surface area (Å²) in [5.41, 5.74) is 0. The van der Waals surface area contributed by atoms with Gasteiger partial charge in [-0.2, -0.15) is 21.4 Å². The van der Waals surface area contributed by atoms with Crippen molar-refractivity contribution in [2.45, 2.75) is 6.42 Å². The predicted octanol–water partition coefficient (Wildman–Crippen LogP) is 2.09. The van der Waals surface area contributed by atoms with Crippen molar-refractivity contribution in [2.24, 2.45) is 0 Å². The van der Waals surface area contributed by atoms with E-state index in [1.165, 1.54) is 0 Å². The molecule has 0 aromatic heterocycles. The van der Waals surface area contributed by atoms with Gasteiger partial charge >= 0.3 is 0 Å². The normalized spacial score (nSPS) is 8.43. The summed E-state index contributed by atoms with van der Waals surface area (Å²) in [6, 6.07) is 0. The van der Waals surface area contributed by atoms with Gasteiger partial charge in [-0.05, 0) is 18.2 Å². The first kappa shape index (κ1) is 6.95. The van der Waals surface area contributed by atoms with Crippen molar-refractivity contribution in [1.82, 2.24) is 0 Å². The number of hydrogen-bond acceptors (Lipinski definition) is 1. The van der Waals surface area contributed by atoms with Crippen molar-refractivity contribution >= 4 is 12.6 Å². The van der Waals surface area contributed by atoms with Gasteiger partial charge in [0.05, 0.1) is 0 Å². The summed E-state index contributed by atoms with van der Waals surface area (Å²) in [7, 11) is 0. The Labute approximate surface area is 46.6 Å². The van der Waals surface area contributed by atoms with Crippen LogP contribution in [-0.2, 0) is 0 Å². The van der Waals surface area contributed by atoms with Crippen LogP contribution in [0.25, 0.3) is 0 Å². The number of allylic oxidation sites excluding steroid dienone is 1. The van der Waals surface area contributed by atoms with Gasteiger partial charge < -0.3 is 0 Å². The molecule has 0 aromatic rings. The summed E-state index contributed by atoms with van der Waals surface area (Å²) >= 11 is 3.72. The number of rotatable bonds is 2. The second-order valence-corrected chi connectivity index (χ2v) is 1.45. The van der Waals surface area contributed by atoms with Crippen LogP contribution >= 0.6 is 12.6 Å². The van der Waals surface area contributed by atoms with Crippen LogP contribution in [0, 0.1) is 0 Å². The highest BCUT2D eigenvalue weighted by atomic mass is 32.1. The molecule has 0 rings (SSSR count). The highest BCUT2D eigenvalue weighted by Crippen LogP contribution is 1.98. The van der Waals surface area contributed by atoms with Gasteiger partial charge in [0.25, 0.3) is 6.08 Å². The molecule has 0 aliphatic heterocycles. The summed E-state index contributed by atoms with van der Waals surface area (Å²) in [6.07, 6.45) is -0.410. The molecule has 0 heterocycles. The number of hydrogen-bond donors (Lipinski definition) is 1. The van der Waals surface area contributed by atoms with Crippen molar-refractivity contribution in [3.8, 4) is 0 Å². The minimum Gasteiger partial charge on any atom is -0.179 e. The number of halogens is 2. The third kappa shape index (κ3) is 5.95. The average molecular weight is 124 g/mol. The maximum absolute atomic E-state index is 11.0. The zero-order valence-corrected chi connectivity index (χ0v) is 4.59. The van der Waals surface area contributed by atoms with Gasteiger partial charge in [-0.3, -0.25) is 0 Å². The van der Waals surface area contributed by atoms with E-state index in [0.29, 0.717) is 12.2 Å². The quantitative estimate of drug-likeness (QED) is 0.535. The largest absolute Gasteiger partial charge is 0.266 e. The molecule has 0 saturated heterocycles. The van der Waals surface area contributed by atoms with Crippen LogP contribution in [0.1, 0.15) is 6.42 Å². The molecular formula is C4H6F2S. The molecule has 0 spiro atoms. The summed E-state index contributed by atoms with van der Waals surface area (Å²) in [6.45, 7) is 0. The molecule has 0 bridgehead atoms. The van der Waals surface area contributed by atoms with E-state index >= 15 is 0 Å². The van der Waals surface area contributed by atoms with Gasteiger partial charge in [-0.15, -0.1) is 0 Å². The minimum atomic E-state index is -1.62. The van der Waals surface area contributed by atoms with Crippen molar-refractivity contribution in [2.75, 3.05) is 5.75 Å². The van der Waals surface area contributed by atoms with Gasteiger partial charge in [0.15, 0.2) is 0 Å². The van der Waals surface area contributed by atoms with Crippen molar-refractivity contribution in [3.05, 3.63) is 12.2 Å². The topological polar surface area (TPSA) is 0 Å². The fourth-order valence-electron chi connectivity index (χ4n) is 0.174. The molecule has 0 radical (unpaired) electrons. The lowest BCUT2D eigenvalue weighted by Crippen LogP contribution is -1.66. The molecule has 0 fully saturated rings. The summed E-state index contributed by atoms with van der Waals surface area (Å²) in [5.74, 6) is 0.483. The standard InChI is InChI=1S/C4H6F2S/c5-4(6)2-1-3-7/h2,7H,1,3H2. The number of thiol groups is 1. The van der Waals surface area contributed by atoms with Gasteiger partial charge in [0, 0.05) is 0 Å². The highest BCUT2D eigenvalue weighted by molar-refractivity contribution is 7.80. The zero-order valence-electron chi connectivity index (χ0n) is 3.69. The molecule has 0 nitrogen and oxygen atoms in total. The fraction of sp³-hybridized carbons (Fsp3) is 0.500. The lowest BCUT2D eigenvalue weighted by Gasteiger charge is -1.78. The van der Waals surface area contributed by atoms with E-state index in [4.69, 9.17) is 0 Å².